The minimum atomic E-state index is -1.36. The molecule has 0 amide bonds. The number of nitrogens with one attached hydrogen (secondary N) is 1. The summed E-state index contributed by atoms with van der Waals surface area (Å²) < 4.78 is 35.9. The Balaban J connectivity index is 1.32. The third-order valence-corrected chi connectivity index (χ3v) is 13.7. The maximum absolute atomic E-state index is 14.7. The Hall–Kier alpha value is -4.41. The molecule has 7 atom stereocenters. The van der Waals surface area contributed by atoms with Crippen molar-refractivity contribution >= 4 is 23.7 Å². The molecule has 2 saturated heterocycles. The van der Waals surface area contributed by atoms with Crippen molar-refractivity contribution in [3.63, 3.8) is 0 Å². The van der Waals surface area contributed by atoms with Crippen molar-refractivity contribution in [2.75, 3.05) is 47.0 Å². The third kappa shape index (κ3) is 4.74. The summed E-state index contributed by atoms with van der Waals surface area (Å²) in [6.45, 7) is 5.26. The van der Waals surface area contributed by atoms with Gasteiger partial charge in [-0.2, -0.15) is 0 Å². The Morgan fingerprint density at radius 1 is 1.02 bits per heavy atom. The summed E-state index contributed by atoms with van der Waals surface area (Å²) in [5.41, 5.74) is 4.36. The SMILES string of the molecule is COc1cc2c(cc1O)CCNC21CS[C@@H]2c3c(OC(C)=O)c(C)c4c(c3[C@H](COC1=O)N1[C@@H]2[C@H]2c3c(cc(C)c(OC)c3O)C[C@@H]([C@@H]1O)N2C)OCO4. The van der Waals surface area contributed by atoms with Crippen LogP contribution in [0, 0.1) is 13.8 Å². The number of hydrogen-bond donors (Lipinski definition) is 4. The highest BCUT2D eigenvalue weighted by Gasteiger charge is 2.61. The van der Waals surface area contributed by atoms with Crippen LogP contribution in [0.2, 0.25) is 0 Å². The number of aromatic hydroxyl groups is 2. The number of fused-ring (bicyclic) bond motifs is 9. The summed E-state index contributed by atoms with van der Waals surface area (Å²) in [4.78, 5) is 31.7. The van der Waals surface area contributed by atoms with Crippen LogP contribution in [0.4, 0.5) is 0 Å². The molecule has 2 fully saturated rings. The first-order chi connectivity index (χ1) is 25.9. The van der Waals surface area contributed by atoms with E-state index in [0.717, 1.165) is 16.7 Å². The second kappa shape index (κ2) is 12.6. The molecule has 15 heteroatoms. The number of hydrogen-bond acceptors (Lipinski definition) is 15. The van der Waals surface area contributed by atoms with E-state index in [1.165, 1.54) is 32.9 Å². The minimum absolute atomic E-state index is 0.0226. The average molecular weight is 762 g/mol. The Labute approximate surface area is 316 Å². The number of ether oxygens (including phenoxy) is 6. The van der Waals surface area contributed by atoms with Crippen LogP contribution in [0.15, 0.2) is 18.2 Å². The van der Waals surface area contributed by atoms with Gasteiger partial charge in [0, 0.05) is 47.5 Å². The number of esters is 2. The number of aliphatic hydroxyl groups is 1. The topological polar surface area (TPSA) is 169 Å². The largest absolute Gasteiger partial charge is 0.504 e. The minimum Gasteiger partial charge on any atom is -0.504 e. The van der Waals surface area contributed by atoms with Gasteiger partial charge in [0.15, 0.2) is 40.0 Å². The molecule has 7 aliphatic rings. The van der Waals surface area contributed by atoms with E-state index in [0.29, 0.717) is 70.2 Å². The Bertz CT molecular complexity index is 2130. The van der Waals surface area contributed by atoms with E-state index >= 15 is 0 Å². The van der Waals surface area contributed by atoms with Crippen molar-refractivity contribution in [1.82, 2.24) is 15.1 Å². The first kappa shape index (κ1) is 35.3. The lowest BCUT2D eigenvalue weighted by atomic mass is 9.73. The Morgan fingerprint density at radius 2 is 1.80 bits per heavy atom. The number of piperazine rings is 1. The number of phenolic OH excluding ortho intramolecular Hbond substituents is 2. The number of carbonyl (C=O) groups is 2. The zero-order chi connectivity index (χ0) is 38.0. The van der Waals surface area contributed by atoms with Crippen LogP contribution in [0.1, 0.15) is 68.8 Å². The molecule has 4 bridgehead atoms. The number of aryl methyl sites for hydroxylation is 1. The summed E-state index contributed by atoms with van der Waals surface area (Å²) in [6.07, 6.45) is -0.0282. The monoisotopic (exact) mass is 761 g/mol. The maximum atomic E-state index is 14.7. The van der Waals surface area contributed by atoms with Crippen LogP contribution in [-0.2, 0) is 32.7 Å². The summed E-state index contributed by atoms with van der Waals surface area (Å²) in [5, 5.41) is 38.2. The van der Waals surface area contributed by atoms with Gasteiger partial charge in [-0.3, -0.25) is 19.9 Å². The van der Waals surface area contributed by atoms with E-state index in [2.05, 4.69) is 10.2 Å². The molecule has 7 aliphatic heterocycles. The van der Waals surface area contributed by atoms with Gasteiger partial charge in [0.1, 0.15) is 18.6 Å². The Morgan fingerprint density at radius 3 is 2.54 bits per heavy atom. The molecule has 4 N–H and O–H groups in total. The van der Waals surface area contributed by atoms with Gasteiger partial charge in [-0.25, -0.2) is 4.79 Å². The standard InChI is InChI=1S/C39H43N3O11S/c1-16-9-20-10-22-37(46)42-23-13-50-38(47)39(21-12-25(48-5)24(44)11-19(21)7-8-40-39)14-54-36(30(42)29(41(22)4)26(20)31(45)32(16)49-6)28-27(23)35-34(51-15-52-35)17(2)33(28)53-18(3)43/h9,11-12,22-23,29-30,36-37,40,44-46H,7-8,10,13-15H2,1-6H3/t22-,23-,29+,30+,36+,37-,39?/m0/s1. The van der Waals surface area contributed by atoms with Crippen LogP contribution < -0.4 is 29.0 Å². The maximum Gasteiger partial charge on any atom is 0.331 e. The van der Waals surface area contributed by atoms with E-state index in [9.17, 15) is 24.9 Å². The van der Waals surface area contributed by atoms with Crippen LogP contribution >= 0.6 is 11.8 Å². The normalized spacial score (nSPS) is 29.4. The van der Waals surface area contributed by atoms with Gasteiger partial charge in [0.05, 0.1) is 37.6 Å². The molecule has 7 heterocycles. The van der Waals surface area contributed by atoms with E-state index in [1.54, 1.807) is 12.1 Å². The zero-order valence-corrected chi connectivity index (χ0v) is 31.7. The first-order valence-electron chi connectivity index (χ1n) is 18.1. The van der Waals surface area contributed by atoms with E-state index < -0.39 is 47.1 Å². The smallest absolute Gasteiger partial charge is 0.331 e. The lowest BCUT2D eigenvalue weighted by Crippen LogP contribution is -2.70. The molecular weight excluding hydrogens is 719 g/mol. The van der Waals surface area contributed by atoms with Crippen molar-refractivity contribution in [1.29, 1.82) is 0 Å². The number of phenols is 2. The second-order valence-electron chi connectivity index (χ2n) is 14.9. The first-order valence-corrected chi connectivity index (χ1v) is 19.1. The molecule has 0 radical (unpaired) electrons. The zero-order valence-electron chi connectivity index (χ0n) is 30.8. The summed E-state index contributed by atoms with van der Waals surface area (Å²) in [6, 6.07) is 3.13. The van der Waals surface area contributed by atoms with Gasteiger partial charge in [-0.1, -0.05) is 6.07 Å². The molecule has 3 aromatic rings. The molecule has 0 saturated carbocycles. The number of nitrogens with zero attached hydrogens (tertiary/aromatic N) is 2. The fraction of sp³-hybridized carbons (Fsp3) is 0.487. The molecule has 0 aromatic heterocycles. The highest BCUT2D eigenvalue weighted by molar-refractivity contribution is 7.99. The van der Waals surface area contributed by atoms with Gasteiger partial charge in [0.25, 0.3) is 0 Å². The van der Waals surface area contributed by atoms with Crippen LogP contribution in [0.5, 0.6) is 40.2 Å². The summed E-state index contributed by atoms with van der Waals surface area (Å²) >= 11 is 1.47. The summed E-state index contributed by atoms with van der Waals surface area (Å²) in [5.74, 6) is 0.949. The average Bonchev–Trinajstić information content (AvgIpc) is 3.63. The van der Waals surface area contributed by atoms with Crippen LogP contribution in [-0.4, -0.2) is 102 Å². The number of thioether (sulfide) groups is 1. The number of rotatable bonds is 3. The molecule has 54 heavy (non-hydrogen) atoms. The highest BCUT2D eigenvalue weighted by Crippen LogP contribution is 2.64. The highest BCUT2D eigenvalue weighted by atomic mass is 32.2. The third-order valence-electron chi connectivity index (χ3n) is 12.3. The Kier molecular flexibility index (Phi) is 8.21. The van der Waals surface area contributed by atoms with Crippen LogP contribution in [0.25, 0.3) is 0 Å². The molecule has 286 valence electrons. The fourth-order valence-electron chi connectivity index (χ4n) is 10.00. The lowest BCUT2D eigenvalue weighted by Gasteiger charge is -2.62. The second-order valence-corrected chi connectivity index (χ2v) is 16.1. The fourth-order valence-corrected chi connectivity index (χ4v) is 11.7. The van der Waals surface area contributed by atoms with Gasteiger partial charge in [0.2, 0.25) is 6.79 Å². The summed E-state index contributed by atoms with van der Waals surface area (Å²) in [7, 11) is 4.96. The van der Waals surface area contributed by atoms with Crippen molar-refractivity contribution in [2.45, 2.75) is 74.8 Å². The van der Waals surface area contributed by atoms with Gasteiger partial charge in [-0.15, -0.1) is 11.8 Å². The molecule has 0 aliphatic carbocycles. The molecule has 10 rings (SSSR count). The number of carbonyl (C=O) groups excluding carboxylic acids is 2. The molecular formula is C39H43N3O11S. The molecule has 14 nitrogen and oxygen atoms in total. The molecule has 1 spiro atoms. The van der Waals surface area contributed by atoms with Crippen molar-refractivity contribution in [3.8, 4) is 40.2 Å². The van der Waals surface area contributed by atoms with Crippen molar-refractivity contribution < 1.29 is 53.3 Å². The van der Waals surface area contributed by atoms with Gasteiger partial charge >= 0.3 is 11.9 Å². The molecule has 1 unspecified atom stereocenters. The van der Waals surface area contributed by atoms with E-state index in [-0.39, 0.29) is 42.4 Å². The van der Waals surface area contributed by atoms with Gasteiger partial charge in [-0.05, 0) is 68.1 Å². The van der Waals surface area contributed by atoms with Crippen molar-refractivity contribution in [3.05, 3.63) is 62.7 Å². The number of benzene rings is 3. The van der Waals surface area contributed by atoms with Crippen molar-refractivity contribution in [2.24, 2.45) is 0 Å². The lowest BCUT2D eigenvalue weighted by molar-refractivity contribution is -0.186. The number of methoxy groups -OCH3 is 2. The molecule has 3 aromatic carbocycles. The predicted octanol–water partition coefficient (Wildman–Crippen LogP) is 3.41. The van der Waals surface area contributed by atoms with E-state index in [1.807, 2.05) is 31.9 Å². The predicted molar refractivity (Wildman–Crippen MR) is 195 cm³/mol. The van der Waals surface area contributed by atoms with Crippen LogP contribution in [0.3, 0.4) is 0 Å². The van der Waals surface area contributed by atoms with E-state index in [4.69, 9.17) is 28.4 Å². The van der Waals surface area contributed by atoms with Gasteiger partial charge < -0.3 is 43.7 Å². The number of aliphatic hydroxyl groups excluding tert-OH is 1. The quantitative estimate of drug-likeness (QED) is 0.226. The number of likely N-dealkylation sites (N-methyl/N-ethyl adjacent to an activating group) is 1.